The van der Waals surface area contributed by atoms with Gasteiger partial charge in [0.15, 0.2) is 5.69 Å². The number of fused-ring (bicyclic) bond motifs is 1. The molecule has 2 aromatic carbocycles. The highest BCUT2D eigenvalue weighted by molar-refractivity contribution is 6.02. The summed E-state index contributed by atoms with van der Waals surface area (Å²) in [6.07, 6.45) is -3.41. The number of carbonyl (C=O) groups is 2. The molecule has 1 aliphatic heterocycles. The molecule has 0 bridgehead atoms. The number of hydrogen-bond acceptors (Lipinski definition) is 5. The fourth-order valence-electron chi connectivity index (χ4n) is 3.73. The van der Waals surface area contributed by atoms with Crippen LogP contribution in [0.1, 0.15) is 50.5 Å². The average molecular weight is 456 g/mol. The number of hydrogen-bond donors (Lipinski definition) is 0. The second-order valence-corrected chi connectivity index (χ2v) is 7.57. The molecule has 1 atom stereocenters. The van der Waals surface area contributed by atoms with Gasteiger partial charge in [0.2, 0.25) is 0 Å². The summed E-state index contributed by atoms with van der Waals surface area (Å²) < 4.78 is 47.0. The fourth-order valence-corrected chi connectivity index (χ4v) is 3.73. The molecule has 0 radical (unpaired) electrons. The third kappa shape index (κ3) is 4.67. The third-order valence-electron chi connectivity index (χ3n) is 5.40. The maximum atomic E-state index is 13.1. The van der Waals surface area contributed by atoms with Crippen LogP contribution in [0.2, 0.25) is 0 Å². The quantitative estimate of drug-likeness (QED) is 0.389. The minimum absolute atomic E-state index is 0.0458. The van der Waals surface area contributed by atoms with Gasteiger partial charge in [0.1, 0.15) is 11.5 Å². The van der Waals surface area contributed by atoms with Gasteiger partial charge in [-0.15, -0.1) is 13.2 Å². The van der Waals surface area contributed by atoms with Crippen molar-refractivity contribution < 1.29 is 32.2 Å². The Balaban J connectivity index is 1.57. The summed E-state index contributed by atoms with van der Waals surface area (Å²) in [5, 5.41) is 0. The van der Waals surface area contributed by atoms with Gasteiger partial charge in [-0.3, -0.25) is 4.79 Å². The molecule has 170 valence electrons. The Morgan fingerprint density at radius 1 is 1.12 bits per heavy atom. The van der Waals surface area contributed by atoms with Crippen LogP contribution in [0.3, 0.4) is 0 Å². The van der Waals surface area contributed by atoms with Crippen molar-refractivity contribution in [3.8, 4) is 11.5 Å². The van der Waals surface area contributed by atoms with Crippen LogP contribution in [-0.4, -0.2) is 28.1 Å². The lowest BCUT2D eigenvalue weighted by Gasteiger charge is -2.25. The fraction of sp³-hybridized carbons (Fsp3) is 0.208. The van der Waals surface area contributed by atoms with Gasteiger partial charge in [0.25, 0.3) is 5.91 Å². The molecule has 1 unspecified atom stereocenters. The zero-order valence-corrected chi connectivity index (χ0v) is 17.7. The summed E-state index contributed by atoms with van der Waals surface area (Å²) in [6.45, 7) is 3.37. The van der Waals surface area contributed by atoms with E-state index >= 15 is 0 Å². The molecule has 0 aliphatic carbocycles. The number of pyridine rings is 1. The molecule has 33 heavy (non-hydrogen) atoms. The largest absolute Gasteiger partial charge is 0.573 e. The molecule has 0 saturated heterocycles. The standard InChI is InChI=1S/C24H19F3N2O4/c1-14-12-16(8-9-20(14)33-24(25,26)27)15(2)29-13-19-18(22(29)30)10-11-28-21(19)23(31)32-17-6-4-3-5-7-17/h3-12,15H,13H2,1-2H3. The minimum atomic E-state index is -4.79. The number of carbonyl (C=O) groups excluding carboxylic acids is 2. The van der Waals surface area contributed by atoms with Crippen LogP contribution in [0.25, 0.3) is 0 Å². The maximum absolute atomic E-state index is 13.1. The Labute approximate surface area is 187 Å². The van der Waals surface area contributed by atoms with E-state index in [1.807, 2.05) is 0 Å². The van der Waals surface area contributed by atoms with Crippen molar-refractivity contribution >= 4 is 11.9 Å². The predicted molar refractivity (Wildman–Crippen MR) is 112 cm³/mol. The number of nitrogens with zero attached hydrogens (tertiary/aromatic N) is 2. The molecular weight excluding hydrogens is 437 g/mol. The van der Waals surface area contributed by atoms with Gasteiger partial charge in [-0.2, -0.15) is 0 Å². The van der Waals surface area contributed by atoms with Gasteiger partial charge in [-0.25, -0.2) is 9.78 Å². The first-order chi connectivity index (χ1) is 15.6. The molecule has 6 nitrogen and oxygen atoms in total. The molecule has 0 N–H and O–H groups in total. The van der Waals surface area contributed by atoms with Crippen LogP contribution in [0.4, 0.5) is 13.2 Å². The Hall–Kier alpha value is -3.88. The van der Waals surface area contributed by atoms with Gasteiger partial charge < -0.3 is 14.4 Å². The number of alkyl halides is 3. The van der Waals surface area contributed by atoms with E-state index in [1.165, 1.54) is 36.2 Å². The topological polar surface area (TPSA) is 68.7 Å². The number of esters is 1. The van der Waals surface area contributed by atoms with Crippen LogP contribution < -0.4 is 9.47 Å². The number of rotatable bonds is 5. The summed E-state index contributed by atoms with van der Waals surface area (Å²) >= 11 is 0. The molecule has 1 aliphatic rings. The SMILES string of the molecule is Cc1cc(C(C)N2Cc3c(ccnc3C(=O)Oc3ccccc3)C2=O)ccc1OC(F)(F)F. The summed E-state index contributed by atoms with van der Waals surface area (Å²) in [6, 6.07) is 13.8. The first-order valence-corrected chi connectivity index (χ1v) is 10.1. The predicted octanol–water partition coefficient (Wildman–Crippen LogP) is 5.22. The van der Waals surface area contributed by atoms with Crippen molar-refractivity contribution in [1.82, 2.24) is 9.88 Å². The van der Waals surface area contributed by atoms with Gasteiger partial charge in [-0.1, -0.05) is 30.3 Å². The number of ether oxygens (including phenoxy) is 2. The summed E-state index contributed by atoms with van der Waals surface area (Å²) in [5.41, 5.74) is 1.75. The van der Waals surface area contributed by atoms with Gasteiger partial charge in [-0.05, 0) is 49.2 Å². The smallest absolute Gasteiger partial charge is 0.422 e. The number of para-hydroxylation sites is 1. The van der Waals surface area contributed by atoms with Crippen molar-refractivity contribution in [2.45, 2.75) is 32.8 Å². The number of benzene rings is 2. The van der Waals surface area contributed by atoms with Crippen molar-refractivity contribution in [2.24, 2.45) is 0 Å². The molecule has 9 heteroatoms. The third-order valence-corrected chi connectivity index (χ3v) is 5.40. The highest BCUT2D eigenvalue weighted by Crippen LogP contribution is 2.35. The van der Waals surface area contributed by atoms with Crippen LogP contribution in [-0.2, 0) is 6.54 Å². The monoisotopic (exact) mass is 456 g/mol. The molecule has 0 saturated carbocycles. The molecule has 1 amide bonds. The Kier molecular flexibility index (Phi) is 5.80. The molecular formula is C24H19F3N2O4. The maximum Gasteiger partial charge on any atom is 0.573 e. The molecule has 1 aromatic heterocycles. The lowest BCUT2D eigenvalue weighted by atomic mass is 10.0. The molecule has 3 aromatic rings. The van der Waals surface area contributed by atoms with Crippen LogP contribution in [0.5, 0.6) is 11.5 Å². The van der Waals surface area contributed by atoms with E-state index in [1.54, 1.807) is 43.3 Å². The molecule has 4 rings (SSSR count). The van der Waals surface area contributed by atoms with E-state index in [0.717, 1.165) is 0 Å². The van der Waals surface area contributed by atoms with E-state index in [2.05, 4.69) is 9.72 Å². The number of amides is 1. The lowest BCUT2D eigenvalue weighted by molar-refractivity contribution is -0.274. The molecule has 2 heterocycles. The van der Waals surface area contributed by atoms with E-state index in [-0.39, 0.29) is 29.5 Å². The summed E-state index contributed by atoms with van der Waals surface area (Å²) in [4.78, 5) is 31.4. The van der Waals surface area contributed by atoms with E-state index < -0.39 is 18.4 Å². The Morgan fingerprint density at radius 2 is 1.85 bits per heavy atom. The summed E-state index contributed by atoms with van der Waals surface area (Å²) in [5.74, 6) is -0.926. The summed E-state index contributed by atoms with van der Waals surface area (Å²) in [7, 11) is 0. The van der Waals surface area contributed by atoms with Crippen molar-refractivity contribution in [3.63, 3.8) is 0 Å². The first-order valence-electron chi connectivity index (χ1n) is 10.1. The number of aromatic nitrogens is 1. The van der Waals surface area contributed by atoms with Crippen LogP contribution >= 0.6 is 0 Å². The van der Waals surface area contributed by atoms with Crippen molar-refractivity contribution in [2.75, 3.05) is 0 Å². The average Bonchev–Trinajstić information content (AvgIpc) is 3.11. The van der Waals surface area contributed by atoms with E-state index in [4.69, 9.17) is 4.74 Å². The highest BCUT2D eigenvalue weighted by atomic mass is 19.4. The van der Waals surface area contributed by atoms with E-state index in [9.17, 15) is 22.8 Å². The Morgan fingerprint density at radius 3 is 2.52 bits per heavy atom. The van der Waals surface area contributed by atoms with Gasteiger partial charge >= 0.3 is 12.3 Å². The second-order valence-electron chi connectivity index (χ2n) is 7.57. The van der Waals surface area contributed by atoms with Crippen molar-refractivity contribution in [1.29, 1.82) is 0 Å². The number of aryl methyl sites for hydroxylation is 1. The van der Waals surface area contributed by atoms with Crippen LogP contribution in [0.15, 0.2) is 60.8 Å². The van der Waals surface area contributed by atoms with Crippen LogP contribution in [0, 0.1) is 6.92 Å². The second kappa shape index (κ2) is 8.57. The Bertz CT molecular complexity index is 1210. The zero-order chi connectivity index (χ0) is 23.8. The van der Waals surface area contributed by atoms with Gasteiger partial charge in [0, 0.05) is 23.9 Å². The minimum Gasteiger partial charge on any atom is -0.422 e. The first kappa shape index (κ1) is 22.3. The molecule has 0 spiro atoms. The normalized spacial score (nSPS) is 14.1. The zero-order valence-electron chi connectivity index (χ0n) is 17.7. The van der Waals surface area contributed by atoms with Crippen molar-refractivity contribution in [3.05, 3.63) is 88.7 Å². The van der Waals surface area contributed by atoms with Gasteiger partial charge in [0.05, 0.1) is 6.04 Å². The molecule has 0 fully saturated rings. The lowest BCUT2D eigenvalue weighted by Crippen LogP contribution is -2.27. The number of halogens is 3. The van der Waals surface area contributed by atoms with E-state index in [0.29, 0.717) is 22.4 Å². The highest BCUT2D eigenvalue weighted by Gasteiger charge is 2.36.